The largest absolute Gasteiger partial charge is 0.398 e. The molecule has 0 fully saturated rings. The van der Waals surface area contributed by atoms with E-state index < -0.39 is 0 Å². The van der Waals surface area contributed by atoms with E-state index in [1.807, 2.05) is 36.0 Å². The molecular weight excluding hydrogens is 198 g/mol. The van der Waals surface area contributed by atoms with E-state index in [1.54, 1.807) is 0 Å². The SMILES string of the molecule is Cc1ccc(-c2ccnn2C(C)C)cc1N. The number of benzene rings is 1. The Morgan fingerprint density at radius 1 is 1.25 bits per heavy atom. The van der Waals surface area contributed by atoms with Gasteiger partial charge in [0.05, 0.1) is 5.69 Å². The number of aryl methyl sites for hydroxylation is 1. The lowest BCUT2D eigenvalue weighted by Gasteiger charge is -2.12. The van der Waals surface area contributed by atoms with Crippen LogP contribution in [0.15, 0.2) is 30.5 Å². The average molecular weight is 215 g/mol. The first-order valence-electron chi connectivity index (χ1n) is 5.49. The van der Waals surface area contributed by atoms with E-state index >= 15 is 0 Å². The zero-order valence-corrected chi connectivity index (χ0v) is 9.94. The summed E-state index contributed by atoms with van der Waals surface area (Å²) in [5, 5.41) is 4.32. The molecule has 2 rings (SSSR count). The number of rotatable bonds is 2. The van der Waals surface area contributed by atoms with Gasteiger partial charge in [-0.1, -0.05) is 12.1 Å². The van der Waals surface area contributed by atoms with Gasteiger partial charge in [0.15, 0.2) is 0 Å². The van der Waals surface area contributed by atoms with E-state index in [0.717, 1.165) is 22.5 Å². The van der Waals surface area contributed by atoms with Gasteiger partial charge in [0, 0.05) is 23.5 Å². The van der Waals surface area contributed by atoms with Crippen molar-refractivity contribution in [3.63, 3.8) is 0 Å². The van der Waals surface area contributed by atoms with Crippen LogP contribution in [0.1, 0.15) is 25.5 Å². The van der Waals surface area contributed by atoms with Crippen molar-refractivity contribution >= 4 is 5.69 Å². The summed E-state index contributed by atoms with van der Waals surface area (Å²) < 4.78 is 2.00. The van der Waals surface area contributed by atoms with Gasteiger partial charge in [0.25, 0.3) is 0 Å². The molecule has 0 radical (unpaired) electrons. The zero-order chi connectivity index (χ0) is 11.7. The van der Waals surface area contributed by atoms with Gasteiger partial charge in [-0.3, -0.25) is 4.68 Å². The van der Waals surface area contributed by atoms with E-state index in [0.29, 0.717) is 6.04 Å². The van der Waals surface area contributed by atoms with Crippen molar-refractivity contribution in [2.45, 2.75) is 26.8 Å². The Hall–Kier alpha value is -1.77. The van der Waals surface area contributed by atoms with Gasteiger partial charge in [-0.2, -0.15) is 5.10 Å². The molecule has 0 spiro atoms. The zero-order valence-electron chi connectivity index (χ0n) is 9.94. The predicted molar refractivity (Wildman–Crippen MR) is 67.2 cm³/mol. The van der Waals surface area contributed by atoms with Crippen molar-refractivity contribution in [1.29, 1.82) is 0 Å². The Labute approximate surface area is 95.9 Å². The Bertz CT molecular complexity index is 498. The van der Waals surface area contributed by atoms with Crippen molar-refractivity contribution in [1.82, 2.24) is 9.78 Å². The first-order chi connectivity index (χ1) is 7.59. The molecule has 2 N–H and O–H groups in total. The monoisotopic (exact) mass is 215 g/mol. The van der Waals surface area contributed by atoms with Crippen molar-refractivity contribution in [3.8, 4) is 11.3 Å². The van der Waals surface area contributed by atoms with E-state index in [9.17, 15) is 0 Å². The fourth-order valence-electron chi connectivity index (χ4n) is 1.75. The second-order valence-corrected chi connectivity index (χ2v) is 4.33. The molecule has 0 saturated heterocycles. The third-order valence-electron chi connectivity index (χ3n) is 2.73. The van der Waals surface area contributed by atoms with E-state index in [-0.39, 0.29) is 0 Å². The smallest absolute Gasteiger partial charge is 0.0686 e. The minimum Gasteiger partial charge on any atom is -0.398 e. The van der Waals surface area contributed by atoms with Crippen LogP contribution in [0.4, 0.5) is 5.69 Å². The first kappa shape index (κ1) is 10.7. The second-order valence-electron chi connectivity index (χ2n) is 4.33. The topological polar surface area (TPSA) is 43.8 Å². The van der Waals surface area contributed by atoms with Crippen molar-refractivity contribution in [2.24, 2.45) is 0 Å². The fourth-order valence-corrected chi connectivity index (χ4v) is 1.75. The quantitative estimate of drug-likeness (QED) is 0.782. The van der Waals surface area contributed by atoms with Crippen LogP contribution in [-0.4, -0.2) is 9.78 Å². The second kappa shape index (κ2) is 4.00. The number of nitrogens with two attached hydrogens (primary N) is 1. The van der Waals surface area contributed by atoms with Crippen LogP contribution in [0.2, 0.25) is 0 Å². The molecule has 0 unspecified atom stereocenters. The lowest BCUT2D eigenvalue weighted by Crippen LogP contribution is -2.04. The Morgan fingerprint density at radius 2 is 2.00 bits per heavy atom. The Kier molecular flexibility index (Phi) is 2.69. The van der Waals surface area contributed by atoms with Crippen LogP contribution >= 0.6 is 0 Å². The van der Waals surface area contributed by atoms with Crippen molar-refractivity contribution < 1.29 is 0 Å². The molecule has 0 aliphatic rings. The lowest BCUT2D eigenvalue weighted by atomic mass is 10.1. The van der Waals surface area contributed by atoms with E-state index in [1.165, 1.54) is 0 Å². The van der Waals surface area contributed by atoms with Gasteiger partial charge in [0.1, 0.15) is 0 Å². The van der Waals surface area contributed by atoms with Crippen LogP contribution in [0.25, 0.3) is 11.3 Å². The standard InChI is InChI=1S/C13H17N3/c1-9(2)16-13(6-7-15-16)11-5-4-10(3)12(14)8-11/h4-9H,14H2,1-3H3. The molecule has 84 valence electrons. The van der Waals surface area contributed by atoms with Crippen LogP contribution in [0.3, 0.4) is 0 Å². The van der Waals surface area contributed by atoms with Gasteiger partial charge in [-0.05, 0) is 38.5 Å². The Morgan fingerprint density at radius 3 is 2.62 bits per heavy atom. The number of aromatic nitrogens is 2. The van der Waals surface area contributed by atoms with Crippen LogP contribution < -0.4 is 5.73 Å². The third-order valence-corrected chi connectivity index (χ3v) is 2.73. The number of nitrogen functional groups attached to an aromatic ring is 1. The molecule has 0 aliphatic heterocycles. The van der Waals surface area contributed by atoms with Crippen LogP contribution in [0, 0.1) is 6.92 Å². The lowest BCUT2D eigenvalue weighted by molar-refractivity contribution is 0.538. The summed E-state index contributed by atoms with van der Waals surface area (Å²) in [4.78, 5) is 0. The van der Waals surface area contributed by atoms with Gasteiger partial charge in [0.2, 0.25) is 0 Å². The first-order valence-corrected chi connectivity index (χ1v) is 5.49. The highest BCUT2D eigenvalue weighted by molar-refractivity contribution is 5.66. The minimum atomic E-state index is 0.354. The molecule has 1 heterocycles. The molecule has 0 bridgehead atoms. The summed E-state index contributed by atoms with van der Waals surface area (Å²) >= 11 is 0. The van der Waals surface area contributed by atoms with Gasteiger partial charge < -0.3 is 5.73 Å². The number of hydrogen-bond acceptors (Lipinski definition) is 2. The van der Waals surface area contributed by atoms with Gasteiger partial charge in [-0.25, -0.2) is 0 Å². The minimum absolute atomic E-state index is 0.354. The molecule has 2 aromatic rings. The maximum Gasteiger partial charge on any atom is 0.0686 e. The van der Waals surface area contributed by atoms with E-state index in [4.69, 9.17) is 5.73 Å². The molecule has 0 aliphatic carbocycles. The Balaban J connectivity index is 2.50. The summed E-state index contributed by atoms with van der Waals surface area (Å²) in [6.45, 7) is 6.25. The molecular formula is C13H17N3. The van der Waals surface area contributed by atoms with Crippen molar-refractivity contribution in [3.05, 3.63) is 36.0 Å². The fraction of sp³-hybridized carbons (Fsp3) is 0.308. The summed E-state index contributed by atoms with van der Waals surface area (Å²) in [5.74, 6) is 0. The molecule has 0 atom stereocenters. The average Bonchev–Trinajstić information content (AvgIpc) is 2.71. The molecule has 3 nitrogen and oxygen atoms in total. The summed E-state index contributed by atoms with van der Waals surface area (Å²) in [6, 6.07) is 8.51. The van der Waals surface area contributed by atoms with Crippen molar-refractivity contribution in [2.75, 3.05) is 5.73 Å². The van der Waals surface area contributed by atoms with Crippen LogP contribution in [0.5, 0.6) is 0 Å². The molecule has 1 aromatic carbocycles. The van der Waals surface area contributed by atoms with Gasteiger partial charge >= 0.3 is 0 Å². The normalized spacial score (nSPS) is 11.0. The predicted octanol–water partition coefficient (Wildman–Crippen LogP) is 3.02. The highest BCUT2D eigenvalue weighted by Crippen LogP contribution is 2.25. The number of anilines is 1. The van der Waals surface area contributed by atoms with Crippen LogP contribution in [-0.2, 0) is 0 Å². The summed E-state index contributed by atoms with van der Waals surface area (Å²) in [7, 11) is 0. The molecule has 16 heavy (non-hydrogen) atoms. The third kappa shape index (κ3) is 1.81. The highest BCUT2D eigenvalue weighted by atomic mass is 15.3. The summed E-state index contributed by atoms with van der Waals surface area (Å²) in [6.07, 6.45) is 1.82. The number of nitrogens with zero attached hydrogens (tertiary/aromatic N) is 2. The van der Waals surface area contributed by atoms with Gasteiger partial charge in [-0.15, -0.1) is 0 Å². The summed E-state index contributed by atoms with van der Waals surface area (Å²) in [5.41, 5.74) is 10.1. The molecule has 1 aromatic heterocycles. The van der Waals surface area contributed by atoms with E-state index in [2.05, 4.69) is 25.0 Å². The molecule has 0 amide bonds. The highest BCUT2D eigenvalue weighted by Gasteiger charge is 2.08. The maximum absolute atomic E-state index is 5.92. The molecule has 0 saturated carbocycles. The number of hydrogen-bond donors (Lipinski definition) is 1. The molecule has 3 heteroatoms. The maximum atomic E-state index is 5.92.